The molecule has 2 unspecified atom stereocenters. The van der Waals surface area contributed by atoms with Crippen LogP contribution in [0.2, 0.25) is 0 Å². The van der Waals surface area contributed by atoms with Crippen molar-refractivity contribution in [3.63, 3.8) is 0 Å². The zero-order valence-corrected chi connectivity index (χ0v) is 11.2. The van der Waals surface area contributed by atoms with Crippen LogP contribution in [0.5, 0.6) is 0 Å². The highest BCUT2D eigenvalue weighted by Crippen LogP contribution is 2.24. The molecule has 98 valence electrons. The summed E-state index contributed by atoms with van der Waals surface area (Å²) >= 11 is 0. The molecule has 0 aromatic carbocycles. The molecule has 5 nitrogen and oxygen atoms in total. The van der Waals surface area contributed by atoms with Crippen molar-refractivity contribution in [3.05, 3.63) is 0 Å². The maximum absolute atomic E-state index is 12.2. The topological polar surface area (TPSA) is 58.6 Å². The van der Waals surface area contributed by atoms with Crippen molar-refractivity contribution in [2.45, 2.75) is 51.7 Å². The SMILES string of the molecule is CCC1C(=O)NC(C)C(=O)N1C(C)(C)COC. The normalized spacial score (nSPS) is 26.1. The summed E-state index contributed by atoms with van der Waals surface area (Å²) in [6.45, 7) is 7.87. The largest absolute Gasteiger partial charge is 0.382 e. The molecule has 2 amide bonds. The van der Waals surface area contributed by atoms with Crippen molar-refractivity contribution in [2.75, 3.05) is 13.7 Å². The highest BCUT2D eigenvalue weighted by atomic mass is 16.5. The average Bonchev–Trinajstić information content (AvgIpc) is 2.22. The summed E-state index contributed by atoms with van der Waals surface area (Å²) in [6.07, 6.45) is 0.609. The third-order valence-electron chi connectivity index (χ3n) is 3.12. The molecule has 2 atom stereocenters. The highest BCUT2D eigenvalue weighted by Gasteiger charge is 2.44. The van der Waals surface area contributed by atoms with E-state index in [1.165, 1.54) is 0 Å². The van der Waals surface area contributed by atoms with Gasteiger partial charge in [0.25, 0.3) is 0 Å². The van der Waals surface area contributed by atoms with Gasteiger partial charge in [0.15, 0.2) is 0 Å². The van der Waals surface area contributed by atoms with E-state index in [-0.39, 0.29) is 11.8 Å². The minimum absolute atomic E-state index is 0.0431. The lowest BCUT2D eigenvalue weighted by Gasteiger charge is -2.46. The fourth-order valence-electron chi connectivity index (χ4n) is 2.36. The van der Waals surface area contributed by atoms with Crippen molar-refractivity contribution in [2.24, 2.45) is 0 Å². The maximum Gasteiger partial charge on any atom is 0.246 e. The highest BCUT2D eigenvalue weighted by molar-refractivity contribution is 5.97. The number of carbonyl (C=O) groups excluding carboxylic acids is 2. The Bertz CT molecular complexity index is 315. The standard InChI is InChI=1S/C12H22N2O3/c1-6-9-10(15)13-8(2)11(16)14(9)12(3,4)7-17-5/h8-9H,6-7H2,1-5H3,(H,13,15). The van der Waals surface area contributed by atoms with E-state index in [0.717, 1.165) is 0 Å². The number of rotatable bonds is 4. The van der Waals surface area contributed by atoms with Crippen LogP contribution in [0.4, 0.5) is 0 Å². The molecule has 0 aliphatic carbocycles. The lowest BCUT2D eigenvalue weighted by molar-refractivity contribution is -0.157. The molecular formula is C12H22N2O3. The number of nitrogens with zero attached hydrogens (tertiary/aromatic N) is 1. The molecule has 0 radical (unpaired) electrons. The van der Waals surface area contributed by atoms with Gasteiger partial charge in [0.2, 0.25) is 11.8 Å². The van der Waals surface area contributed by atoms with Crippen molar-refractivity contribution in [1.29, 1.82) is 0 Å². The first-order chi connectivity index (χ1) is 7.85. The average molecular weight is 242 g/mol. The molecule has 17 heavy (non-hydrogen) atoms. The Morgan fingerprint density at radius 3 is 2.47 bits per heavy atom. The van der Waals surface area contributed by atoms with Crippen molar-refractivity contribution in [3.8, 4) is 0 Å². The van der Waals surface area contributed by atoms with E-state index in [4.69, 9.17) is 4.74 Å². The van der Waals surface area contributed by atoms with Crippen LogP contribution in [0.1, 0.15) is 34.1 Å². The molecule has 0 bridgehead atoms. The molecule has 1 rings (SSSR count). The first-order valence-corrected chi connectivity index (χ1v) is 5.97. The smallest absolute Gasteiger partial charge is 0.246 e. The molecule has 1 N–H and O–H groups in total. The zero-order valence-electron chi connectivity index (χ0n) is 11.2. The second-order valence-corrected chi connectivity index (χ2v) is 5.11. The van der Waals surface area contributed by atoms with E-state index >= 15 is 0 Å². The first-order valence-electron chi connectivity index (χ1n) is 5.97. The van der Waals surface area contributed by atoms with Crippen LogP contribution in [-0.4, -0.2) is 48.1 Å². The Balaban J connectivity index is 3.04. The molecular weight excluding hydrogens is 220 g/mol. The molecule has 1 aliphatic heterocycles. The van der Waals surface area contributed by atoms with E-state index in [1.54, 1.807) is 18.9 Å². The fourth-order valence-corrected chi connectivity index (χ4v) is 2.36. The summed E-state index contributed by atoms with van der Waals surface area (Å²) in [5, 5.41) is 2.70. The molecule has 1 aliphatic rings. The fraction of sp³-hybridized carbons (Fsp3) is 0.833. The molecule has 0 aromatic heterocycles. The first kappa shape index (κ1) is 14.0. The van der Waals surface area contributed by atoms with Crippen LogP contribution < -0.4 is 5.32 Å². The van der Waals surface area contributed by atoms with Gasteiger partial charge in [-0.25, -0.2) is 0 Å². The Morgan fingerprint density at radius 2 is 2.00 bits per heavy atom. The third kappa shape index (κ3) is 2.60. The number of ether oxygens (including phenoxy) is 1. The van der Waals surface area contributed by atoms with Crippen LogP contribution in [0.25, 0.3) is 0 Å². The summed E-state index contributed by atoms with van der Waals surface area (Å²) in [6, 6.07) is -0.856. The van der Waals surface area contributed by atoms with Gasteiger partial charge in [-0.3, -0.25) is 9.59 Å². The minimum Gasteiger partial charge on any atom is -0.382 e. The van der Waals surface area contributed by atoms with Crippen LogP contribution in [0, 0.1) is 0 Å². The molecule has 1 saturated heterocycles. The van der Waals surface area contributed by atoms with Crippen molar-refractivity contribution >= 4 is 11.8 Å². The summed E-state index contributed by atoms with van der Waals surface area (Å²) in [7, 11) is 1.60. The number of piperazine rings is 1. The van der Waals surface area contributed by atoms with Gasteiger partial charge in [-0.15, -0.1) is 0 Å². The second kappa shape index (κ2) is 5.04. The van der Waals surface area contributed by atoms with Gasteiger partial charge in [0, 0.05) is 7.11 Å². The minimum atomic E-state index is -0.474. The molecule has 5 heteroatoms. The molecule has 0 saturated carbocycles. The second-order valence-electron chi connectivity index (χ2n) is 5.11. The Labute approximate surface area is 102 Å². The predicted molar refractivity (Wildman–Crippen MR) is 64.5 cm³/mol. The summed E-state index contributed by atoms with van der Waals surface area (Å²) in [4.78, 5) is 25.8. The van der Waals surface area contributed by atoms with Crippen LogP contribution >= 0.6 is 0 Å². The number of nitrogens with one attached hydrogen (secondary N) is 1. The van der Waals surface area contributed by atoms with Crippen LogP contribution in [-0.2, 0) is 14.3 Å². The monoisotopic (exact) mass is 242 g/mol. The number of carbonyl (C=O) groups is 2. The van der Waals surface area contributed by atoms with E-state index < -0.39 is 17.6 Å². The lowest BCUT2D eigenvalue weighted by atomic mass is 9.95. The number of amides is 2. The van der Waals surface area contributed by atoms with Crippen LogP contribution in [0.3, 0.4) is 0 Å². The van der Waals surface area contributed by atoms with E-state index in [9.17, 15) is 9.59 Å². The molecule has 0 aromatic rings. The van der Waals surface area contributed by atoms with Gasteiger partial charge >= 0.3 is 0 Å². The molecule has 1 heterocycles. The molecule has 1 fully saturated rings. The van der Waals surface area contributed by atoms with Gasteiger partial charge in [-0.1, -0.05) is 6.92 Å². The van der Waals surface area contributed by atoms with Gasteiger partial charge in [0.1, 0.15) is 12.1 Å². The Morgan fingerprint density at radius 1 is 1.41 bits per heavy atom. The summed E-state index contributed by atoms with van der Waals surface area (Å²) < 4.78 is 5.15. The van der Waals surface area contributed by atoms with Gasteiger partial charge in [-0.05, 0) is 27.2 Å². The summed E-state index contributed by atoms with van der Waals surface area (Å²) in [5.74, 6) is -0.123. The Hall–Kier alpha value is -1.10. The number of hydrogen-bond acceptors (Lipinski definition) is 3. The van der Waals surface area contributed by atoms with E-state index in [2.05, 4.69) is 5.32 Å². The predicted octanol–water partition coefficient (Wildman–Crippen LogP) is 0.537. The lowest BCUT2D eigenvalue weighted by Crippen LogP contribution is -2.68. The van der Waals surface area contributed by atoms with Crippen LogP contribution in [0.15, 0.2) is 0 Å². The zero-order chi connectivity index (χ0) is 13.2. The van der Waals surface area contributed by atoms with Gasteiger partial charge in [-0.2, -0.15) is 0 Å². The third-order valence-corrected chi connectivity index (χ3v) is 3.12. The van der Waals surface area contributed by atoms with Gasteiger partial charge < -0.3 is 15.0 Å². The Kier molecular flexibility index (Phi) is 4.14. The number of methoxy groups -OCH3 is 1. The maximum atomic E-state index is 12.2. The van der Waals surface area contributed by atoms with Gasteiger partial charge in [0.05, 0.1) is 12.1 Å². The van der Waals surface area contributed by atoms with Crippen molar-refractivity contribution < 1.29 is 14.3 Å². The number of hydrogen-bond donors (Lipinski definition) is 1. The van der Waals surface area contributed by atoms with E-state index in [0.29, 0.717) is 13.0 Å². The molecule has 0 spiro atoms. The quantitative estimate of drug-likeness (QED) is 0.782. The van der Waals surface area contributed by atoms with E-state index in [1.807, 2.05) is 20.8 Å². The van der Waals surface area contributed by atoms with Crippen molar-refractivity contribution in [1.82, 2.24) is 10.2 Å². The summed E-state index contributed by atoms with van der Waals surface area (Å²) in [5.41, 5.74) is -0.474.